The van der Waals surface area contributed by atoms with Gasteiger partial charge in [-0.05, 0) is 42.8 Å². The van der Waals surface area contributed by atoms with Crippen molar-refractivity contribution in [2.24, 2.45) is 5.10 Å². The molecule has 2 N–H and O–H groups in total. The number of aryl methyl sites for hydroxylation is 1. The molecule has 108 valence electrons. The molecule has 0 saturated heterocycles. The highest BCUT2D eigenvalue weighted by atomic mass is 16.3. The van der Waals surface area contributed by atoms with Crippen LogP contribution in [0.15, 0.2) is 58.3 Å². The van der Waals surface area contributed by atoms with E-state index >= 15 is 0 Å². The molecule has 0 spiro atoms. The Morgan fingerprint density at radius 1 is 1.29 bits per heavy atom. The SMILES string of the molecule is Cc1ccccc1NCC(=O)N/N=C/C=C/c1ccco1. The standard InChI is InChI=1S/C16H17N3O2/c1-13-6-2-3-9-15(13)17-12-16(20)19-18-10-4-7-14-8-5-11-21-14/h2-11,17H,12H2,1H3,(H,19,20)/b7-4+,18-10+. The molecule has 0 aliphatic carbocycles. The van der Waals surface area contributed by atoms with Crippen LogP contribution in [-0.2, 0) is 4.79 Å². The third kappa shape index (κ3) is 4.99. The minimum atomic E-state index is -0.207. The smallest absolute Gasteiger partial charge is 0.259 e. The van der Waals surface area contributed by atoms with Gasteiger partial charge in [0, 0.05) is 11.9 Å². The summed E-state index contributed by atoms with van der Waals surface area (Å²) in [6, 6.07) is 11.4. The molecule has 0 aliphatic heterocycles. The number of anilines is 1. The number of nitrogens with zero attached hydrogens (tertiary/aromatic N) is 1. The molecule has 0 fully saturated rings. The third-order valence-corrected chi connectivity index (χ3v) is 2.74. The van der Waals surface area contributed by atoms with Gasteiger partial charge < -0.3 is 9.73 Å². The van der Waals surface area contributed by atoms with E-state index < -0.39 is 0 Å². The van der Waals surface area contributed by atoms with Crippen molar-refractivity contribution in [2.75, 3.05) is 11.9 Å². The van der Waals surface area contributed by atoms with E-state index in [-0.39, 0.29) is 12.5 Å². The van der Waals surface area contributed by atoms with Gasteiger partial charge in [-0.3, -0.25) is 4.79 Å². The fourth-order valence-corrected chi connectivity index (χ4v) is 1.66. The maximum atomic E-state index is 11.6. The molecule has 0 unspecified atom stereocenters. The molecule has 21 heavy (non-hydrogen) atoms. The number of amides is 1. The molecule has 1 heterocycles. The molecule has 1 aromatic carbocycles. The van der Waals surface area contributed by atoms with Gasteiger partial charge in [-0.2, -0.15) is 5.10 Å². The lowest BCUT2D eigenvalue weighted by Gasteiger charge is -2.07. The van der Waals surface area contributed by atoms with Crippen LogP contribution < -0.4 is 10.7 Å². The average Bonchev–Trinajstić information content (AvgIpc) is 2.99. The predicted molar refractivity (Wildman–Crippen MR) is 84.0 cm³/mol. The summed E-state index contributed by atoms with van der Waals surface area (Å²) in [5.41, 5.74) is 4.47. The second-order valence-electron chi connectivity index (χ2n) is 4.36. The van der Waals surface area contributed by atoms with Crippen LogP contribution in [0.5, 0.6) is 0 Å². The Hall–Kier alpha value is -2.82. The normalized spacial score (nSPS) is 11.1. The van der Waals surface area contributed by atoms with Gasteiger partial charge in [-0.1, -0.05) is 18.2 Å². The van der Waals surface area contributed by atoms with Gasteiger partial charge in [0.1, 0.15) is 5.76 Å². The van der Waals surface area contributed by atoms with E-state index in [4.69, 9.17) is 4.42 Å². The first-order valence-corrected chi connectivity index (χ1v) is 6.57. The summed E-state index contributed by atoms with van der Waals surface area (Å²) in [5.74, 6) is 0.523. The monoisotopic (exact) mass is 283 g/mol. The maximum Gasteiger partial charge on any atom is 0.259 e. The first kappa shape index (κ1) is 14.6. The summed E-state index contributed by atoms with van der Waals surface area (Å²) < 4.78 is 5.11. The van der Waals surface area contributed by atoms with Gasteiger partial charge in [0.05, 0.1) is 12.8 Å². The fraction of sp³-hybridized carbons (Fsp3) is 0.125. The van der Waals surface area contributed by atoms with E-state index in [1.807, 2.05) is 37.3 Å². The number of nitrogens with one attached hydrogen (secondary N) is 2. The zero-order valence-corrected chi connectivity index (χ0v) is 11.7. The van der Waals surface area contributed by atoms with E-state index in [2.05, 4.69) is 15.8 Å². The number of furan rings is 1. The van der Waals surface area contributed by atoms with E-state index in [0.717, 1.165) is 17.0 Å². The number of carbonyl (C=O) groups excluding carboxylic acids is 1. The summed E-state index contributed by atoms with van der Waals surface area (Å²) in [6.45, 7) is 2.15. The van der Waals surface area contributed by atoms with Crippen molar-refractivity contribution >= 4 is 23.9 Å². The van der Waals surface area contributed by atoms with Crippen LogP contribution in [0.25, 0.3) is 6.08 Å². The van der Waals surface area contributed by atoms with Gasteiger partial charge in [0.25, 0.3) is 5.91 Å². The van der Waals surface area contributed by atoms with E-state index in [1.165, 1.54) is 6.21 Å². The molecule has 1 aromatic heterocycles. The molecular weight excluding hydrogens is 266 g/mol. The zero-order valence-electron chi connectivity index (χ0n) is 11.7. The van der Waals surface area contributed by atoms with Crippen LogP contribution in [0.1, 0.15) is 11.3 Å². The van der Waals surface area contributed by atoms with E-state index in [0.29, 0.717) is 0 Å². The van der Waals surface area contributed by atoms with Gasteiger partial charge in [0.15, 0.2) is 0 Å². The molecule has 1 amide bonds. The van der Waals surface area contributed by atoms with Crippen molar-refractivity contribution in [3.05, 3.63) is 60.1 Å². The Bertz CT molecular complexity index is 631. The Morgan fingerprint density at radius 3 is 2.90 bits per heavy atom. The summed E-state index contributed by atoms with van der Waals surface area (Å²) in [5, 5.41) is 6.87. The second-order valence-corrected chi connectivity index (χ2v) is 4.36. The Kier molecular flexibility index (Phi) is 5.34. The minimum Gasteiger partial charge on any atom is -0.465 e. The predicted octanol–water partition coefficient (Wildman–Crippen LogP) is 2.82. The third-order valence-electron chi connectivity index (χ3n) is 2.74. The molecule has 5 heteroatoms. The lowest BCUT2D eigenvalue weighted by molar-refractivity contribution is -0.119. The van der Waals surface area contributed by atoms with Crippen molar-refractivity contribution in [3.63, 3.8) is 0 Å². The van der Waals surface area contributed by atoms with Gasteiger partial charge in [-0.25, -0.2) is 5.43 Å². The topological polar surface area (TPSA) is 66.6 Å². The Labute approximate surface area is 123 Å². The van der Waals surface area contributed by atoms with Crippen LogP contribution in [0.4, 0.5) is 5.69 Å². The first-order valence-electron chi connectivity index (χ1n) is 6.57. The molecule has 0 bridgehead atoms. The number of rotatable bonds is 6. The number of benzene rings is 1. The highest BCUT2D eigenvalue weighted by molar-refractivity contribution is 5.83. The average molecular weight is 283 g/mol. The lowest BCUT2D eigenvalue weighted by Crippen LogP contribution is -2.25. The van der Waals surface area contributed by atoms with Crippen molar-refractivity contribution in [3.8, 4) is 0 Å². The molecular formula is C16H17N3O2. The first-order chi connectivity index (χ1) is 10.3. The molecule has 2 rings (SSSR count). The summed E-state index contributed by atoms with van der Waals surface area (Å²) in [7, 11) is 0. The van der Waals surface area contributed by atoms with Gasteiger partial charge in [-0.15, -0.1) is 0 Å². The Morgan fingerprint density at radius 2 is 2.14 bits per heavy atom. The molecule has 0 saturated carbocycles. The number of allylic oxidation sites excluding steroid dienone is 1. The van der Waals surface area contributed by atoms with Crippen LogP contribution >= 0.6 is 0 Å². The van der Waals surface area contributed by atoms with Crippen molar-refractivity contribution in [1.29, 1.82) is 0 Å². The lowest BCUT2D eigenvalue weighted by atomic mass is 10.2. The number of para-hydroxylation sites is 1. The maximum absolute atomic E-state index is 11.6. The van der Waals surface area contributed by atoms with Crippen LogP contribution in [0, 0.1) is 6.92 Å². The number of hydrogen-bond acceptors (Lipinski definition) is 4. The summed E-state index contributed by atoms with van der Waals surface area (Å²) in [4.78, 5) is 11.6. The molecule has 0 radical (unpaired) electrons. The minimum absolute atomic E-state index is 0.171. The second kappa shape index (κ2) is 7.69. The number of carbonyl (C=O) groups is 1. The van der Waals surface area contributed by atoms with Crippen molar-refractivity contribution < 1.29 is 9.21 Å². The molecule has 0 aliphatic rings. The van der Waals surface area contributed by atoms with Crippen molar-refractivity contribution in [2.45, 2.75) is 6.92 Å². The fourth-order valence-electron chi connectivity index (χ4n) is 1.66. The van der Waals surface area contributed by atoms with E-state index in [1.54, 1.807) is 24.5 Å². The Balaban J connectivity index is 1.71. The molecule has 0 atom stereocenters. The van der Waals surface area contributed by atoms with Gasteiger partial charge in [0.2, 0.25) is 0 Å². The highest BCUT2D eigenvalue weighted by Gasteiger charge is 2.00. The van der Waals surface area contributed by atoms with Crippen LogP contribution in [0.3, 0.4) is 0 Å². The summed E-state index contributed by atoms with van der Waals surface area (Å²) >= 11 is 0. The number of hydrazone groups is 1. The van der Waals surface area contributed by atoms with Crippen LogP contribution in [0.2, 0.25) is 0 Å². The highest BCUT2D eigenvalue weighted by Crippen LogP contribution is 2.12. The quantitative estimate of drug-likeness (QED) is 0.633. The number of hydrogen-bond donors (Lipinski definition) is 2. The van der Waals surface area contributed by atoms with Crippen LogP contribution in [-0.4, -0.2) is 18.7 Å². The largest absolute Gasteiger partial charge is 0.465 e. The molecule has 2 aromatic rings. The van der Waals surface area contributed by atoms with E-state index in [9.17, 15) is 4.79 Å². The van der Waals surface area contributed by atoms with Crippen molar-refractivity contribution in [1.82, 2.24) is 5.43 Å². The zero-order chi connectivity index (χ0) is 14.9. The van der Waals surface area contributed by atoms with Gasteiger partial charge >= 0.3 is 0 Å². The summed E-state index contributed by atoms with van der Waals surface area (Å²) in [6.07, 6.45) is 6.53. The molecule has 5 nitrogen and oxygen atoms in total.